The maximum absolute atomic E-state index is 13.1. The molecule has 10 heteroatoms. The smallest absolute Gasteiger partial charge is 0.294 e. The van der Waals surface area contributed by atoms with Crippen LogP contribution < -0.4 is 9.47 Å². The summed E-state index contributed by atoms with van der Waals surface area (Å²) in [6, 6.07) is 11.2. The van der Waals surface area contributed by atoms with Crippen LogP contribution in [0.5, 0.6) is 11.5 Å². The van der Waals surface area contributed by atoms with E-state index >= 15 is 0 Å². The van der Waals surface area contributed by atoms with E-state index in [1.165, 1.54) is 12.1 Å². The number of morpholine rings is 1. The van der Waals surface area contributed by atoms with E-state index in [-0.39, 0.29) is 29.8 Å². The largest absolute Gasteiger partial charge is 0.490 e. The van der Waals surface area contributed by atoms with Crippen molar-refractivity contribution in [2.45, 2.75) is 13.5 Å². The predicted molar refractivity (Wildman–Crippen MR) is 128 cm³/mol. The highest BCUT2D eigenvalue weighted by atomic mass is 32.2. The highest BCUT2D eigenvalue weighted by Gasteiger charge is 2.37. The minimum Gasteiger partial charge on any atom is -0.490 e. The Kier molecular flexibility index (Phi) is 8.04. The number of halogens is 1. The van der Waals surface area contributed by atoms with Crippen LogP contribution in [0.3, 0.4) is 0 Å². The van der Waals surface area contributed by atoms with Gasteiger partial charge < -0.3 is 19.1 Å². The second-order valence-electron chi connectivity index (χ2n) is 7.82. The summed E-state index contributed by atoms with van der Waals surface area (Å²) in [6.45, 7) is 3.96. The summed E-state index contributed by atoms with van der Waals surface area (Å²) in [7, 11) is 0. The molecule has 0 aliphatic carbocycles. The fraction of sp³-hybridized carbons (Fsp3) is 0.320. The summed E-state index contributed by atoms with van der Waals surface area (Å²) in [6.07, 6.45) is 1.59. The van der Waals surface area contributed by atoms with Gasteiger partial charge in [-0.1, -0.05) is 18.2 Å². The molecule has 0 N–H and O–H groups in total. The molecule has 0 saturated carbocycles. The molecule has 2 aliphatic rings. The number of ether oxygens (including phenoxy) is 3. The molecule has 2 aromatic carbocycles. The van der Waals surface area contributed by atoms with Crippen LogP contribution in [-0.2, 0) is 20.9 Å². The van der Waals surface area contributed by atoms with E-state index in [4.69, 9.17) is 14.2 Å². The molecular weight excluding hydrogens is 475 g/mol. The van der Waals surface area contributed by atoms with E-state index in [2.05, 4.69) is 0 Å². The van der Waals surface area contributed by atoms with Gasteiger partial charge in [-0.3, -0.25) is 19.3 Å². The first-order valence-electron chi connectivity index (χ1n) is 11.2. The average Bonchev–Trinajstić information content (AvgIpc) is 3.12. The molecule has 2 heterocycles. The molecule has 8 nitrogen and oxygen atoms in total. The number of thioether (sulfide) groups is 1. The molecular formula is C25H25FN2O6S. The van der Waals surface area contributed by atoms with Crippen LogP contribution in [0.1, 0.15) is 18.1 Å². The van der Waals surface area contributed by atoms with Gasteiger partial charge >= 0.3 is 0 Å². The van der Waals surface area contributed by atoms with Gasteiger partial charge in [-0.05, 0) is 60.2 Å². The third-order valence-electron chi connectivity index (χ3n) is 5.40. The van der Waals surface area contributed by atoms with Gasteiger partial charge in [0.25, 0.3) is 11.1 Å². The lowest BCUT2D eigenvalue weighted by atomic mass is 10.1. The zero-order valence-electron chi connectivity index (χ0n) is 19.2. The summed E-state index contributed by atoms with van der Waals surface area (Å²) in [5, 5.41) is -0.479. The van der Waals surface area contributed by atoms with Crippen LogP contribution in [0.4, 0.5) is 9.18 Å². The highest BCUT2D eigenvalue weighted by Crippen LogP contribution is 2.35. The van der Waals surface area contributed by atoms with Crippen molar-refractivity contribution in [2.75, 3.05) is 39.5 Å². The first-order chi connectivity index (χ1) is 16.9. The number of imide groups is 1. The fourth-order valence-electron chi connectivity index (χ4n) is 3.58. The standard InChI is InChI=1S/C25H25FN2O6S/c1-2-33-21-13-18(5-8-20(21)34-16-17-3-6-19(26)7-4-17)14-22-24(30)28(25(31)35-22)15-23(29)27-9-11-32-12-10-27/h3-8,13-14H,2,9-12,15-16H2,1H3/b22-14+. The first kappa shape index (κ1) is 24.7. The van der Waals surface area contributed by atoms with Crippen molar-refractivity contribution in [2.24, 2.45) is 0 Å². The van der Waals surface area contributed by atoms with E-state index in [0.717, 1.165) is 22.2 Å². The molecule has 184 valence electrons. The van der Waals surface area contributed by atoms with Gasteiger partial charge in [0.05, 0.1) is 24.7 Å². The van der Waals surface area contributed by atoms with E-state index in [0.29, 0.717) is 50.0 Å². The zero-order valence-corrected chi connectivity index (χ0v) is 20.0. The van der Waals surface area contributed by atoms with Gasteiger partial charge in [0.15, 0.2) is 11.5 Å². The van der Waals surface area contributed by atoms with Gasteiger partial charge in [-0.2, -0.15) is 0 Å². The van der Waals surface area contributed by atoms with E-state index in [1.54, 1.807) is 41.3 Å². The maximum Gasteiger partial charge on any atom is 0.294 e. The molecule has 0 atom stereocenters. The second-order valence-corrected chi connectivity index (χ2v) is 8.81. The number of nitrogens with zero attached hydrogens (tertiary/aromatic N) is 2. The quantitative estimate of drug-likeness (QED) is 0.511. The molecule has 35 heavy (non-hydrogen) atoms. The van der Waals surface area contributed by atoms with Crippen molar-refractivity contribution in [1.82, 2.24) is 9.80 Å². The van der Waals surface area contributed by atoms with Crippen LogP contribution in [0.2, 0.25) is 0 Å². The summed E-state index contributed by atoms with van der Waals surface area (Å²) in [4.78, 5) is 40.6. The molecule has 0 spiro atoms. The SMILES string of the molecule is CCOc1cc(/C=C2/SC(=O)N(CC(=O)N3CCOCC3)C2=O)ccc1OCc1ccc(F)cc1. The van der Waals surface area contributed by atoms with Crippen molar-refractivity contribution >= 4 is 34.9 Å². The lowest BCUT2D eigenvalue weighted by Gasteiger charge is -2.28. The third kappa shape index (κ3) is 6.20. The highest BCUT2D eigenvalue weighted by molar-refractivity contribution is 8.18. The molecule has 0 aromatic heterocycles. The lowest BCUT2D eigenvalue weighted by molar-refractivity contribution is -0.139. The minimum absolute atomic E-state index is 0.229. The Morgan fingerprint density at radius 3 is 2.54 bits per heavy atom. The van der Waals surface area contributed by atoms with Gasteiger partial charge in [0.2, 0.25) is 5.91 Å². The van der Waals surface area contributed by atoms with Gasteiger partial charge in [-0.25, -0.2) is 4.39 Å². The molecule has 2 aliphatic heterocycles. The average molecular weight is 501 g/mol. The topological polar surface area (TPSA) is 85.4 Å². The molecule has 2 fully saturated rings. The van der Waals surface area contributed by atoms with E-state index in [9.17, 15) is 18.8 Å². The number of rotatable bonds is 8. The number of benzene rings is 2. The van der Waals surface area contributed by atoms with Crippen LogP contribution in [-0.4, -0.2) is 66.3 Å². The molecule has 3 amide bonds. The molecule has 0 bridgehead atoms. The van der Waals surface area contributed by atoms with Crippen molar-refractivity contribution in [3.63, 3.8) is 0 Å². The van der Waals surface area contributed by atoms with Gasteiger partial charge in [0.1, 0.15) is 19.0 Å². The molecule has 2 saturated heterocycles. The number of carbonyl (C=O) groups excluding carboxylic acids is 3. The molecule has 2 aromatic rings. The van der Waals surface area contributed by atoms with Crippen LogP contribution in [0, 0.1) is 5.82 Å². The first-order valence-corrected chi connectivity index (χ1v) is 12.0. The normalized spacial score (nSPS) is 17.3. The fourth-order valence-corrected chi connectivity index (χ4v) is 4.42. The summed E-state index contributed by atoms with van der Waals surface area (Å²) >= 11 is 0.798. The Balaban J connectivity index is 1.45. The van der Waals surface area contributed by atoms with E-state index in [1.807, 2.05) is 6.92 Å². The third-order valence-corrected chi connectivity index (χ3v) is 6.31. The summed E-state index contributed by atoms with van der Waals surface area (Å²) < 4.78 is 29.9. The van der Waals surface area contributed by atoms with Crippen molar-refractivity contribution < 1.29 is 33.0 Å². The molecule has 0 radical (unpaired) electrons. The van der Waals surface area contributed by atoms with Crippen LogP contribution in [0.15, 0.2) is 47.4 Å². The monoisotopic (exact) mass is 500 g/mol. The van der Waals surface area contributed by atoms with Gasteiger partial charge in [0, 0.05) is 13.1 Å². The zero-order chi connectivity index (χ0) is 24.8. The van der Waals surface area contributed by atoms with Crippen molar-refractivity contribution in [1.29, 1.82) is 0 Å². The number of amides is 3. The Morgan fingerprint density at radius 2 is 1.83 bits per heavy atom. The lowest BCUT2D eigenvalue weighted by Crippen LogP contribution is -2.46. The van der Waals surface area contributed by atoms with E-state index < -0.39 is 11.1 Å². The van der Waals surface area contributed by atoms with Crippen LogP contribution >= 0.6 is 11.8 Å². The molecule has 4 rings (SSSR count). The number of hydrogen-bond acceptors (Lipinski definition) is 7. The van der Waals surface area contributed by atoms with Gasteiger partial charge in [-0.15, -0.1) is 0 Å². The Morgan fingerprint density at radius 1 is 1.09 bits per heavy atom. The predicted octanol–water partition coefficient (Wildman–Crippen LogP) is 3.70. The van der Waals surface area contributed by atoms with Crippen molar-refractivity contribution in [3.8, 4) is 11.5 Å². The molecule has 0 unspecified atom stereocenters. The minimum atomic E-state index is -0.504. The van der Waals surface area contributed by atoms with Crippen LogP contribution in [0.25, 0.3) is 6.08 Å². The Bertz CT molecular complexity index is 1130. The Labute approximate surface area is 206 Å². The second kappa shape index (κ2) is 11.4. The number of carbonyl (C=O) groups is 3. The summed E-state index contributed by atoms with van der Waals surface area (Å²) in [5.74, 6) is -0.125. The van der Waals surface area contributed by atoms with Crippen molar-refractivity contribution in [3.05, 3.63) is 64.3 Å². The maximum atomic E-state index is 13.1. The summed E-state index contributed by atoms with van der Waals surface area (Å²) in [5.41, 5.74) is 1.45. The number of hydrogen-bond donors (Lipinski definition) is 0. The Hall–Kier alpha value is -3.37.